The molecule has 17 heavy (non-hydrogen) atoms. The van der Waals surface area contributed by atoms with Gasteiger partial charge in [-0.2, -0.15) is 5.26 Å². The van der Waals surface area contributed by atoms with Crippen LogP contribution in [-0.2, 0) is 4.74 Å². The molecule has 0 radical (unpaired) electrons. The van der Waals surface area contributed by atoms with E-state index in [4.69, 9.17) is 10.00 Å². The van der Waals surface area contributed by atoms with Gasteiger partial charge < -0.3 is 9.84 Å². The molecular formula is C13H26N2O2. The molecule has 0 saturated carbocycles. The predicted molar refractivity (Wildman–Crippen MR) is 68.6 cm³/mol. The minimum atomic E-state index is -0.460. The van der Waals surface area contributed by atoms with E-state index in [0.717, 1.165) is 19.4 Å². The maximum Gasteiger partial charge on any atom is 0.0900 e. The summed E-state index contributed by atoms with van der Waals surface area (Å²) in [4.78, 5) is 2.09. The zero-order valence-corrected chi connectivity index (χ0v) is 11.4. The van der Waals surface area contributed by atoms with Crippen molar-refractivity contribution in [3.63, 3.8) is 0 Å². The highest BCUT2D eigenvalue weighted by molar-refractivity contribution is 4.81. The molecule has 0 amide bonds. The quantitative estimate of drug-likeness (QED) is 0.592. The Kier molecular flexibility index (Phi) is 10.1. The third kappa shape index (κ3) is 9.11. The lowest BCUT2D eigenvalue weighted by atomic mass is 10.2. The Morgan fingerprint density at radius 2 is 2.06 bits per heavy atom. The van der Waals surface area contributed by atoms with E-state index in [1.807, 2.05) is 13.8 Å². The van der Waals surface area contributed by atoms with Gasteiger partial charge in [-0.25, -0.2) is 0 Å². The van der Waals surface area contributed by atoms with Gasteiger partial charge in [0, 0.05) is 19.7 Å². The van der Waals surface area contributed by atoms with E-state index in [9.17, 15) is 5.11 Å². The zero-order valence-electron chi connectivity index (χ0n) is 11.4. The summed E-state index contributed by atoms with van der Waals surface area (Å²) >= 11 is 0. The Hall–Kier alpha value is -0.630. The van der Waals surface area contributed by atoms with Crippen LogP contribution in [0.1, 0.15) is 33.6 Å². The fourth-order valence-electron chi connectivity index (χ4n) is 1.58. The molecule has 2 atom stereocenters. The van der Waals surface area contributed by atoms with Crippen LogP contribution in [-0.4, -0.2) is 49.0 Å². The normalized spacial score (nSPS) is 14.6. The average Bonchev–Trinajstić information content (AvgIpc) is 2.33. The van der Waals surface area contributed by atoms with Crippen LogP contribution in [0.5, 0.6) is 0 Å². The number of hydrogen-bond donors (Lipinski definition) is 1. The number of aliphatic hydroxyl groups is 1. The van der Waals surface area contributed by atoms with Crippen molar-refractivity contribution in [2.45, 2.75) is 39.7 Å². The number of aliphatic hydroxyl groups excluding tert-OH is 1. The van der Waals surface area contributed by atoms with E-state index < -0.39 is 6.10 Å². The van der Waals surface area contributed by atoms with Crippen LogP contribution < -0.4 is 0 Å². The zero-order chi connectivity index (χ0) is 13.1. The second-order valence-electron chi connectivity index (χ2n) is 4.46. The minimum absolute atomic E-state index is 0.00293. The number of ether oxygens (including phenoxy) is 1. The van der Waals surface area contributed by atoms with Gasteiger partial charge in [-0.05, 0) is 19.9 Å². The van der Waals surface area contributed by atoms with E-state index in [0.29, 0.717) is 26.3 Å². The Bertz CT molecular complexity index is 216. The molecule has 0 aromatic heterocycles. The number of unbranched alkanes of at least 4 members (excludes halogenated alkanes) is 1. The molecule has 0 rings (SSSR count). The summed E-state index contributed by atoms with van der Waals surface area (Å²) in [6.45, 7) is 9.28. The van der Waals surface area contributed by atoms with Crippen LogP contribution in [0.2, 0.25) is 0 Å². The van der Waals surface area contributed by atoms with Gasteiger partial charge >= 0.3 is 0 Å². The third-order valence-electron chi connectivity index (χ3n) is 2.62. The molecule has 4 heteroatoms. The van der Waals surface area contributed by atoms with E-state index in [1.54, 1.807) is 0 Å². The molecule has 0 aromatic rings. The number of nitrogens with zero attached hydrogens (tertiary/aromatic N) is 2. The fourth-order valence-corrected chi connectivity index (χ4v) is 1.58. The van der Waals surface area contributed by atoms with Crippen LogP contribution in [0.4, 0.5) is 0 Å². The smallest absolute Gasteiger partial charge is 0.0900 e. The van der Waals surface area contributed by atoms with Crippen molar-refractivity contribution in [1.29, 1.82) is 5.26 Å². The fraction of sp³-hybridized carbons (Fsp3) is 0.923. The maximum atomic E-state index is 9.79. The standard InChI is InChI=1S/C13H26N2O2/c1-4-6-7-17-11-13(16)10-15(5-2)9-12(3)8-14/h12-13,16H,4-7,9-11H2,1-3H3. The summed E-state index contributed by atoms with van der Waals surface area (Å²) in [5.41, 5.74) is 0. The number of rotatable bonds is 10. The number of nitriles is 1. The number of likely N-dealkylation sites (N-methyl/N-ethyl adjacent to an activating group) is 1. The van der Waals surface area contributed by atoms with Crippen molar-refractivity contribution < 1.29 is 9.84 Å². The van der Waals surface area contributed by atoms with Gasteiger partial charge in [0.25, 0.3) is 0 Å². The molecule has 0 fully saturated rings. The molecule has 0 heterocycles. The van der Waals surface area contributed by atoms with Crippen LogP contribution >= 0.6 is 0 Å². The van der Waals surface area contributed by atoms with E-state index in [1.165, 1.54) is 0 Å². The highest BCUT2D eigenvalue weighted by atomic mass is 16.5. The van der Waals surface area contributed by atoms with Crippen LogP contribution in [0, 0.1) is 17.2 Å². The van der Waals surface area contributed by atoms with E-state index in [2.05, 4.69) is 17.9 Å². The summed E-state index contributed by atoms with van der Waals surface area (Å²) in [6, 6.07) is 2.21. The second-order valence-corrected chi connectivity index (χ2v) is 4.46. The van der Waals surface area contributed by atoms with Crippen molar-refractivity contribution in [3.05, 3.63) is 0 Å². The largest absolute Gasteiger partial charge is 0.389 e. The van der Waals surface area contributed by atoms with Gasteiger partial charge in [0.05, 0.1) is 24.7 Å². The lowest BCUT2D eigenvalue weighted by Gasteiger charge is -2.24. The summed E-state index contributed by atoms with van der Waals surface area (Å²) < 4.78 is 5.37. The third-order valence-corrected chi connectivity index (χ3v) is 2.62. The lowest BCUT2D eigenvalue weighted by molar-refractivity contribution is 0.0155. The highest BCUT2D eigenvalue weighted by Gasteiger charge is 2.13. The molecule has 0 bridgehead atoms. The van der Waals surface area contributed by atoms with Gasteiger partial charge in [-0.1, -0.05) is 20.3 Å². The van der Waals surface area contributed by atoms with Crippen LogP contribution in [0.15, 0.2) is 0 Å². The monoisotopic (exact) mass is 242 g/mol. The Morgan fingerprint density at radius 3 is 2.59 bits per heavy atom. The highest BCUT2D eigenvalue weighted by Crippen LogP contribution is 2.01. The van der Waals surface area contributed by atoms with Crippen molar-refractivity contribution in [2.24, 2.45) is 5.92 Å². The molecule has 0 aromatic carbocycles. The molecule has 4 nitrogen and oxygen atoms in total. The van der Waals surface area contributed by atoms with Crippen molar-refractivity contribution in [2.75, 3.05) is 32.8 Å². The summed E-state index contributed by atoms with van der Waals surface area (Å²) in [6.07, 6.45) is 1.68. The topological polar surface area (TPSA) is 56.5 Å². The van der Waals surface area contributed by atoms with Crippen LogP contribution in [0.3, 0.4) is 0 Å². The predicted octanol–water partition coefficient (Wildman–Crippen LogP) is 1.65. The molecule has 0 aliphatic heterocycles. The second kappa shape index (κ2) is 10.5. The average molecular weight is 242 g/mol. The van der Waals surface area contributed by atoms with Gasteiger partial charge in [0.1, 0.15) is 0 Å². The Morgan fingerprint density at radius 1 is 1.35 bits per heavy atom. The van der Waals surface area contributed by atoms with Gasteiger partial charge in [-0.3, -0.25) is 4.90 Å². The van der Waals surface area contributed by atoms with Crippen molar-refractivity contribution in [3.8, 4) is 6.07 Å². The SMILES string of the molecule is CCCCOCC(O)CN(CC)CC(C)C#N. The van der Waals surface area contributed by atoms with E-state index >= 15 is 0 Å². The molecular weight excluding hydrogens is 216 g/mol. The van der Waals surface area contributed by atoms with Gasteiger partial charge in [-0.15, -0.1) is 0 Å². The van der Waals surface area contributed by atoms with E-state index in [-0.39, 0.29) is 5.92 Å². The molecule has 2 unspecified atom stereocenters. The lowest BCUT2D eigenvalue weighted by Crippen LogP contribution is -2.37. The molecule has 0 spiro atoms. The maximum absolute atomic E-state index is 9.79. The molecule has 100 valence electrons. The minimum Gasteiger partial charge on any atom is -0.389 e. The first-order chi connectivity index (χ1) is 8.13. The molecule has 0 saturated heterocycles. The summed E-state index contributed by atoms with van der Waals surface area (Å²) in [5, 5.41) is 18.5. The Labute approximate surface area is 105 Å². The summed E-state index contributed by atoms with van der Waals surface area (Å²) in [7, 11) is 0. The van der Waals surface area contributed by atoms with Gasteiger partial charge in [0.15, 0.2) is 0 Å². The summed E-state index contributed by atoms with van der Waals surface area (Å²) in [5.74, 6) is 0.00293. The van der Waals surface area contributed by atoms with Gasteiger partial charge in [0.2, 0.25) is 0 Å². The molecule has 0 aliphatic carbocycles. The number of hydrogen-bond acceptors (Lipinski definition) is 4. The first-order valence-electron chi connectivity index (χ1n) is 6.51. The first-order valence-corrected chi connectivity index (χ1v) is 6.51. The van der Waals surface area contributed by atoms with Crippen LogP contribution in [0.25, 0.3) is 0 Å². The Balaban J connectivity index is 3.74. The van der Waals surface area contributed by atoms with Crippen molar-refractivity contribution in [1.82, 2.24) is 4.90 Å². The molecule has 1 N–H and O–H groups in total. The first kappa shape index (κ1) is 16.4. The van der Waals surface area contributed by atoms with Crippen molar-refractivity contribution >= 4 is 0 Å². The molecule has 0 aliphatic rings.